The van der Waals surface area contributed by atoms with Crippen molar-refractivity contribution in [2.24, 2.45) is 11.7 Å². The van der Waals surface area contributed by atoms with Crippen molar-refractivity contribution in [1.82, 2.24) is 4.98 Å². The summed E-state index contributed by atoms with van der Waals surface area (Å²) in [5.41, 5.74) is 6.19. The van der Waals surface area contributed by atoms with Gasteiger partial charge in [0.1, 0.15) is 0 Å². The normalized spacial score (nSPS) is 14.6. The zero-order valence-corrected chi connectivity index (χ0v) is 13.3. The Morgan fingerprint density at radius 2 is 1.82 bits per heavy atom. The van der Waals surface area contributed by atoms with Crippen LogP contribution in [0.5, 0.6) is 0 Å². The molecule has 0 spiro atoms. The number of aryl methyl sites for hydroxylation is 1. The third kappa shape index (κ3) is 8.82. The molecular weight excluding hydrogens is 289 g/mol. The predicted molar refractivity (Wildman–Crippen MR) is 85.6 cm³/mol. The standard InChI is InChI=1S/C14H18F3N.C2H4.CH5N/c15-14(16,17)7-5-13-10-12(6-8-18-13)9-11-3-1-2-4-11;2*1-2/h6,8,10-11H,1-5,7,9H2;1-2H2;2H2,1H3. The topological polar surface area (TPSA) is 38.9 Å². The second-order valence-electron chi connectivity index (χ2n) is 5.13. The molecule has 5 heteroatoms. The lowest BCUT2D eigenvalue weighted by atomic mass is 9.98. The quantitative estimate of drug-likeness (QED) is 0.819. The summed E-state index contributed by atoms with van der Waals surface area (Å²) in [5.74, 6) is 0.711. The lowest BCUT2D eigenvalue weighted by Crippen LogP contribution is -2.09. The maximum absolute atomic E-state index is 12.1. The number of hydrogen-bond donors (Lipinski definition) is 1. The number of halogens is 3. The Labute approximate surface area is 131 Å². The molecule has 22 heavy (non-hydrogen) atoms. The van der Waals surface area contributed by atoms with E-state index in [0.717, 1.165) is 12.0 Å². The van der Waals surface area contributed by atoms with E-state index in [2.05, 4.69) is 23.9 Å². The summed E-state index contributed by atoms with van der Waals surface area (Å²) in [7, 11) is 1.50. The summed E-state index contributed by atoms with van der Waals surface area (Å²) in [6.07, 6.45) is 2.81. The highest BCUT2D eigenvalue weighted by molar-refractivity contribution is 5.17. The van der Waals surface area contributed by atoms with E-state index >= 15 is 0 Å². The van der Waals surface area contributed by atoms with E-state index in [-0.39, 0.29) is 6.42 Å². The summed E-state index contributed by atoms with van der Waals surface area (Å²) in [6, 6.07) is 3.76. The zero-order valence-electron chi connectivity index (χ0n) is 13.3. The van der Waals surface area contributed by atoms with Crippen LogP contribution >= 0.6 is 0 Å². The number of hydrogen-bond acceptors (Lipinski definition) is 2. The van der Waals surface area contributed by atoms with Crippen LogP contribution in [0.25, 0.3) is 0 Å². The summed E-state index contributed by atoms with van der Waals surface area (Å²) in [6.45, 7) is 6.00. The Morgan fingerprint density at radius 3 is 2.36 bits per heavy atom. The summed E-state index contributed by atoms with van der Waals surface area (Å²) in [4.78, 5) is 4.02. The van der Waals surface area contributed by atoms with Gasteiger partial charge in [0, 0.05) is 18.3 Å². The average molecular weight is 316 g/mol. The summed E-state index contributed by atoms with van der Waals surface area (Å²) in [5, 5.41) is 0. The lowest BCUT2D eigenvalue weighted by Gasteiger charge is -2.10. The van der Waals surface area contributed by atoms with Crippen molar-refractivity contribution in [3.8, 4) is 0 Å². The van der Waals surface area contributed by atoms with Crippen molar-refractivity contribution in [3.63, 3.8) is 0 Å². The minimum Gasteiger partial charge on any atom is -0.333 e. The molecule has 1 fully saturated rings. The van der Waals surface area contributed by atoms with E-state index in [1.165, 1.54) is 32.7 Å². The first-order valence-corrected chi connectivity index (χ1v) is 7.61. The number of aromatic nitrogens is 1. The van der Waals surface area contributed by atoms with E-state index in [1.807, 2.05) is 12.1 Å². The summed E-state index contributed by atoms with van der Waals surface area (Å²) < 4.78 is 36.4. The van der Waals surface area contributed by atoms with Gasteiger partial charge in [0.15, 0.2) is 0 Å². The van der Waals surface area contributed by atoms with Gasteiger partial charge < -0.3 is 5.73 Å². The number of nitrogens with zero attached hydrogens (tertiary/aromatic N) is 1. The molecule has 126 valence electrons. The van der Waals surface area contributed by atoms with Crippen LogP contribution in [-0.4, -0.2) is 18.2 Å². The molecule has 0 atom stereocenters. The van der Waals surface area contributed by atoms with Crippen LogP contribution in [0.4, 0.5) is 13.2 Å². The molecule has 0 aliphatic heterocycles. The van der Waals surface area contributed by atoms with Gasteiger partial charge in [0.05, 0.1) is 0 Å². The SMILES string of the molecule is C=C.CN.FC(F)(F)CCc1cc(CC2CCCC2)ccn1. The van der Waals surface area contributed by atoms with Crippen LogP contribution in [0.15, 0.2) is 31.5 Å². The molecule has 0 bridgehead atoms. The zero-order chi connectivity index (χ0) is 17.0. The maximum Gasteiger partial charge on any atom is 0.389 e. The summed E-state index contributed by atoms with van der Waals surface area (Å²) >= 11 is 0. The first kappa shape index (κ1) is 20.6. The smallest absolute Gasteiger partial charge is 0.333 e. The van der Waals surface area contributed by atoms with Gasteiger partial charge in [0.2, 0.25) is 0 Å². The Morgan fingerprint density at radius 1 is 1.23 bits per heavy atom. The van der Waals surface area contributed by atoms with Crippen LogP contribution in [0, 0.1) is 5.92 Å². The molecule has 0 unspecified atom stereocenters. The molecule has 0 amide bonds. The average Bonchev–Trinajstić information content (AvgIpc) is 3.02. The highest BCUT2D eigenvalue weighted by atomic mass is 19.4. The highest BCUT2D eigenvalue weighted by Gasteiger charge is 2.26. The fourth-order valence-electron chi connectivity index (χ4n) is 2.61. The van der Waals surface area contributed by atoms with Crippen molar-refractivity contribution < 1.29 is 13.2 Å². The molecule has 2 rings (SSSR count). The van der Waals surface area contributed by atoms with Crippen LogP contribution < -0.4 is 5.73 Å². The molecule has 1 aliphatic rings. The van der Waals surface area contributed by atoms with Gasteiger partial charge in [-0.2, -0.15) is 13.2 Å². The van der Waals surface area contributed by atoms with Gasteiger partial charge in [-0.3, -0.25) is 4.98 Å². The van der Waals surface area contributed by atoms with Crippen LogP contribution in [0.1, 0.15) is 43.4 Å². The van der Waals surface area contributed by atoms with Crippen LogP contribution in [-0.2, 0) is 12.8 Å². The molecular formula is C17H27F3N2. The second kappa shape index (κ2) is 11.2. The van der Waals surface area contributed by atoms with Gasteiger partial charge in [-0.05, 0) is 43.5 Å². The van der Waals surface area contributed by atoms with Gasteiger partial charge in [0.25, 0.3) is 0 Å². The third-order valence-electron chi connectivity index (χ3n) is 3.54. The minimum atomic E-state index is -4.09. The van der Waals surface area contributed by atoms with Gasteiger partial charge in [-0.15, -0.1) is 13.2 Å². The molecule has 1 saturated carbocycles. The van der Waals surface area contributed by atoms with Crippen molar-refractivity contribution in [1.29, 1.82) is 0 Å². The molecule has 1 aliphatic carbocycles. The fourth-order valence-corrected chi connectivity index (χ4v) is 2.61. The predicted octanol–water partition coefficient (Wildman–Crippen LogP) is 4.69. The Balaban J connectivity index is 0.00000102. The van der Waals surface area contributed by atoms with Crippen molar-refractivity contribution in [2.75, 3.05) is 7.05 Å². The second-order valence-corrected chi connectivity index (χ2v) is 5.13. The van der Waals surface area contributed by atoms with Crippen molar-refractivity contribution in [3.05, 3.63) is 42.7 Å². The van der Waals surface area contributed by atoms with Crippen LogP contribution in [0.3, 0.4) is 0 Å². The molecule has 2 N–H and O–H groups in total. The van der Waals surface area contributed by atoms with Gasteiger partial charge in [-0.25, -0.2) is 0 Å². The van der Waals surface area contributed by atoms with E-state index in [1.54, 1.807) is 6.20 Å². The van der Waals surface area contributed by atoms with E-state index in [4.69, 9.17) is 0 Å². The number of pyridine rings is 1. The van der Waals surface area contributed by atoms with Gasteiger partial charge in [-0.1, -0.05) is 25.7 Å². The third-order valence-corrected chi connectivity index (χ3v) is 3.54. The Kier molecular flexibility index (Phi) is 10.5. The number of nitrogens with two attached hydrogens (primary N) is 1. The fraction of sp³-hybridized carbons (Fsp3) is 0.588. The largest absolute Gasteiger partial charge is 0.389 e. The van der Waals surface area contributed by atoms with E-state index in [9.17, 15) is 13.2 Å². The molecule has 1 aromatic rings. The Bertz CT molecular complexity index is 399. The maximum atomic E-state index is 12.1. The monoisotopic (exact) mass is 316 g/mol. The molecule has 0 aromatic carbocycles. The van der Waals surface area contributed by atoms with Crippen molar-refractivity contribution >= 4 is 0 Å². The molecule has 2 nitrogen and oxygen atoms in total. The number of rotatable bonds is 4. The van der Waals surface area contributed by atoms with E-state index < -0.39 is 12.6 Å². The minimum absolute atomic E-state index is 0.0119. The van der Waals surface area contributed by atoms with Gasteiger partial charge >= 0.3 is 6.18 Å². The van der Waals surface area contributed by atoms with Crippen LogP contribution in [0.2, 0.25) is 0 Å². The van der Waals surface area contributed by atoms with Crippen molar-refractivity contribution in [2.45, 2.75) is 51.1 Å². The Hall–Kier alpha value is -1.36. The molecule has 0 radical (unpaired) electrons. The lowest BCUT2D eigenvalue weighted by molar-refractivity contribution is -0.134. The molecule has 1 heterocycles. The first-order valence-electron chi connectivity index (χ1n) is 7.61. The molecule has 0 saturated heterocycles. The highest BCUT2D eigenvalue weighted by Crippen LogP contribution is 2.28. The first-order chi connectivity index (χ1) is 10.5. The number of alkyl halides is 3. The molecule has 1 aromatic heterocycles. The van der Waals surface area contributed by atoms with E-state index in [0.29, 0.717) is 11.6 Å².